The lowest BCUT2D eigenvalue weighted by molar-refractivity contribution is -0.135. The highest BCUT2D eigenvalue weighted by molar-refractivity contribution is 5.76. The second kappa shape index (κ2) is 6.80. The van der Waals surface area contributed by atoms with E-state index < -0.39 is 0 Å². The minimum Gasteiger partial charge on any atom is -0.381 e. The number of rotatable bonds is 5. The third-order valence-electron chi connectivity index (χ3n) is 2.63. The molecule has 1 unspecified atom stereocenters. The first-order chi connectivity index (χ1) is 7.25. The van der Waals surface area contributed by atoms with Gasteiger partial charge in [-0.2, -0.15) is 0 Å². The van der Waals surface area contributed by atoms with Gasteiger partial charge in [0.15, 0.2) is 0 Å². The van der Waals surface area contributed by atoms with Gasteiger partial charge in [0.25, 0.3) is 0 Å². The largest absolute Gasteiger partial charge is 0.381 e. The van der Waals surface area contributed by atoms with Crippen molar-refractivity contribution in [2.24, 2.45) is 0 Å². The van der Waals surface area contributed by atoms with Crippen molar-refractivity contribution in [1.29, 1.82) is 0 Å². The van der Waals surface area contributed by atoms with Crippen LogP contribution < -0.4 is 5.32 Å². The summed E-state index contributed by atoms with van der Waals surface area (Å²) in [7, 11) is 0. The summed E-state index contributed by atoms with van der Waals surface area (Å²) in [5.74, 6) is 0.222. The number of carbonyl (C=O) groups is 1. The normalized spacial score (nSPS) is 21.7. The zero-order chi connectivity index (χ0) is 11.1. The van der Waals surface area contributed by atoms with Gasteiger partial charge in [0, 0.05) is 32.3 Å². The molecule has 1 amide bonds. The second-order valence-electron chi connectivity index (χ2n) is 4.00. The number of hydrogen-bond donors (Lipinski definition) is 1. The molecule has 1 rings (SSSR count). The van der Waals surface area contributed by atoms with E-state index in [2.05, 4.69) is 19.2 Å². The van der Waals surface area contributed by atoms with Crippen molar-refractivity contribution >= 4 is 5.91 Å². The highest BCUT2D eigenvalue weighted by Gasteiger charge is 2.22. The summed E-state index contributed by atoms with van der Waals surface area (Å²) in [6, 6.07) is 0.317. The van der Waals surface area contributed by atoms with Crippen molar-refractivity contribution in [3.8, 4) is 0 Å². The fraction of sp³-hybridized carbons (Fsp3) is 0.909. The van der Waals surface area contributed by atoms with E-state index in [1.54, 1.807) is 0 Å². The molecule has 1 aliphatic rings. The molecule has 1 N–H and O–H groups in total. The molecule has 1 heterocycles. The van der Waals surface area contributed by atoms with Gasteiger partial charge in [-0.25, -0.2) is 0 Å². The standard InChI is InChI=1S/C11H22N2O2/c1-3-7-15-8-4-11(14)13-6-5-12-9-10(13)2/h10,12H,3-9H2,1-2H3. The number of ether oxygens (including phenoxy) is 1. The summed E-state index contributed by atoms with van der Waals surface area (Å²) in [4.78, 5) is 13.7. The summed E-state index contributed by atoms with van der Waals surface area (Å²) in [5.41, 5.74) is 0. The molecule has 1 saturated heterocycles. The van der Waals surface area contributed by atoms with Gasteiger partial charge in [-0.15, -0.1) is 0 Å². The Morgan fingerprint density at radius 2 is 2.33 bits per heavy atom. The number of carbonyl (C=O) groups excluding carboxylic acids is 1. The van der Waals surface area contributed by atoms with Gasteiger partial charge in [-0.3, -0.25) is 4.79 Å². The van der Waals surface area contributed by atoms with Crippen molar-refractivity contribution in [1.82, 2.24) is 10.2 Å². The molecule has 1 fully saturated rings. The summed E-state index contributed by atoms with van der Waals surface area (Å²) >= 11 is 0. The predicted octanol–water partition coefficient (Wildman–Crippen LogP) is 0.623. The number of nitrogens with zero attached hydrogens (tertiary/aromatic N) is 1. The average molecular weight is 214 g/mol. The molecule has 4 heteroatoms. The van der Waals surface area contributed by atoms with E-state index in [1.165, 1.54) is 0 Å². The van der Waals surface area contributed by atoms with Crippen LogP contribution in [-0.2, 0) is 9.53 Å². The Bertz CT molecular complexity index is 197. The third kappa shape index (κ3) is 4.18. The molecular formula is C11H22N2O2. The molecule has 15 heavy (non-hydrogen) atoms. The monoisotopic (exact) mass is 214 g/mol. The maximum atomic E-state index is 11.8. The number of hydrogen-bond acceptors (Lipinski definition) is 3. The first kappa shape index (κ1) is 12.5. The predicted molar refractivity (Wildman–Crippen MR) is 59.8 cm³/mol. The Hall–Kier alpha value is -0.610. The Morgan fingerprint density at radius 3 is 3.00 bits per heavy atom. The lowest BCUT2D eigenvalue weighted by Gasteiger charge is -2.34. The van der Waals surface area contributed by atoms with Gasteiger partial charge in [0.1, 0.15) is 0 Å². The van der Waals surface area contributed by atoms with Gasteiger partial charge in [0.2, 0.25) is 5.91 Å². The Labute approximate surface area is 92.0 Å². The van der Waals surface area contributed by atoms with Crippen molar-refractivity contribution < 1.29 is 9.53 Å². The van der Waals surface area contributed by atoms with E-state index in [0.717, 1.165) is 32.7 Å². The van der Waals surface area contributed by atoms with Crippen LogP contribution in [0.5, 0.6) is 0 Å². The zero-order valence-electron chi connectivity index (χ0n) is 9.79. The van der Waals surface area contributed by atoms with Crippen molar-refractivity contribution in [2.75, 3.05) is 32.8 Å². The lowest BCUT2D eigenvalue weighted by Crippen LogP contribution is -2.52. The fourth-order valence-corrected chi connectivity index (χ4v) is 1.76. The molecule has 0 bridgehead atoms. The van der Waals surface area contributed by atoms with E-state index >= 15 is 0 Å². The quantitative estimate of drug-likeness (QED) is 0.682. The molecule has 0 saturated carbocycles. The van der Waals surface area contributed by atoms with Crippen LogP contribution in [0, 0.1) is 0 Å². The van der Waals surface area contributed by atoms with Crippen LogP contribution in [-0.4, -0.2) is 49.7 Å². The molecular weight excluding hydrogens is 192 g/mol. The summed E-state index contributed by atoms with van der Waals surface area (Å²) in [5, 5.41) is 3.27. The van der Waals surface area contributed by atoms with Crippen molar-refractivity contribution in [3.05, 3.63) is 0 Å². The van der Waals surface area contributed by atoms with Crippen LogP contribution in [0.3, 0.4) is 0 Å². The van der Waals surface area contributed by atoms with Gasteiger partial charge in [-0.05, 0) is 13.3 Å². The maximum absolute atomic E-state index is 11.8. The minimum atomic E-state index is 0.222. The Morgan fingerprint density at radius 1 is 1.53 bits per heavy atom. The maximum Gasteiger partial charge on any atom is 0.225 e. The molecule has 1 atom stereocenters. The number of piperazine rings is 1. The fourth-order valence-electron chi connectivity index (χ4n) is 1.76. The van der Waals surface area contributed by atoms with E-state index in [-0.39, 0.29) is 5.91 Å². The van der Waals surface area contributed by atoms with E-state index in [1.807, 2.05) is 4.90 Å². The van der Waals surface area contributed by atoms with Crippen LogP contribution in [0.1, 0.15) is 26.7 Å². The van der Waals surface area contributed by atoms with Crippen LogP contribution >= 0.6 is 0 Å². The summed E-state index contributed by atoms with van der Waals surface area (Å²) in [6.07, 6.45) is 1.53. The summed E-state index contributed by atoms with van der Waals surface area (Å²) < 4.78 is 5.32. The van der Waals surface area contributed by atoms with Crippen molar-refractivity contribution in [3.63, 3.8) is 0 Å². The molecule has 0 aromatic carbocycles. The number of amides is 1. The Balaban J connectivity index is 2.20. The SMILES string of the molecule is CCCOCCC(=O)N1CCNCC1C. The van der Waals surface area contributed by atoms with Crippen LogP contribution in [0.15, 0.2) is 0 Å². The second-order valence-corrected chi connectivity index (χ2v) is 4.00. The number of nitrogens with one attached hydrogen (secondary N) is 1. The topological polar surface area (TPSA) is 41.6 Å². The molecule has 1 aliphatic heterocycles. The molecule has 0 aliphatic carbocycles. The smallest absolute Gasteiger partial charge is 0.225 e. The Kier molecular flexibility index (Phi) is 5.65. The van der Waals surface area contributed by atoms with Gasteiger partial charge in [0.05, 0.1) is 13.0 Å². The van der Waals surface area contributed by atoms with Crippen LogP contribution in [0.2, 0.25) is 0 Å². The average Bonchev–Trinajstić information content (AvgIpc) is 2.25. The van der Waals surface area contributed by atoms with Crippen molar-refractivity contribution in [2.45, 2.75) is 32.7 Å². The zero-order valence-corrected chi connectivity index (χ0v) is 9.79. The lowest BCUT2D eigenvalue weighted by atomic mass is 10.2. The van der Waals surface area contributed by atoms with Gasteiger partial charge < -0.3 is 15.0 Å². The molecule has 0 spiro atoms. The van der Waals surface area contributed by atoms with Gasteiger partial charge in [-0.1, -0.05) is 6.92 Å². The third-order valence-corrected chi connectivity index (χ3v) is 2.63. The van der Waals surface area contributed by atoms with E-state index in [4.69, 9.17) is 4.74 Å². The van der Waals surface area contributed by atoms with Crippen LogP contribution in [0.4, 0.5) is 0 Å². The first-order valence-corrected chi connectivity index (χ1v) is 5.83. The molecule has 4 nitrogen and oxygen atoms in total. The van der Waals surface area contributed by atoms with Gasteiger partial charge >= 0.3 is 0 Å². The van der Waals surface area contributed by atoms with Crippen LogP contribution in [0.25, 0.3) is 0 Å². The molecule has 0 aromatic heterocycles. The molecule has 0 aromatic rings. The van der Waals surface area contributed by atoms with E-state index in [9.17, 15) is 4.79 Å². The first-order valence-electron chi connectivity index (χ1n) is 5.83. The molecule has 0 radical (unpaired) electrons. The molecule has 88 valence electrons. The minimum absolute atomic E-state index is 0.222. The highest BCUT2D eigenvalue weighted by Crippen LogP contribution is 2.04. The van der Waals surface area contributed by atoms with E-state index in [0.29, 0.717) is 19.1 Å². The highest BCUT2D eigenvalue weighted by atomic mass is 16.5. The summed E-state index contributed by atoms with van der Waals surface area (Å²) in [6.45, 7) is 8.10.